The molecule has 5 heteroatoms. The molecule has 0 saturated carbocycles. The van der Waals surface area contributed by atoms with E-state index in [4.69, 9.17) is 11.2 Å². The van der Waals surface area contributed by atoms with Crippen molar-refractivity contribution in [1.82, 2.24) is 4.57 Å². The van der Waals surface area contributed by atoms with E-state index < -0.39 is 0 Å². The second kappa shape index (κ2) is 6.51. The van der Waals surface area contributed by atoms with E-state index in [-0.39, 0.29) is 5.91 Å². The fourth-order valence-electron chi connectivity index (χ4n) is 2.32. The molecule has 3 aromatic rings. The first-order chi connectivity index (χ1) is 11.2. The quantitative estimate of drug-likeness (QED) is 0.696. The van der Waals surface area contributed by atoms with Crippen LogP contribution >= 0.6 is 11.3 Å². The van der Waals surface area contributed by atoms with Crippen LogP contribution in [0, 0.1) is 12.3 Å². The van der Waals surface area contributed by atoms with Crippen LogP contribution in [0.3, 0.4) is 0 Å². The second-order valence-corrected chi connectivity index (χ2v) is 5.77. The van der Waals surface area contributed by atoms with Crippen molar-refractivity contribution in [3.63, 3.8) is 0 Å². The van der Waals surface area contributed by atoms with Gasteiger partial charge in [0.25, 0.3) is 5.91 Å². The van der Waals surface area contributed by atoms with Crippen molar-refractivity contribution in [3.8, 4) is 18.1 Å². The van der Waals surface area contributed by atoms with Crippen LogP contribution in [0.1, 0.15) is 10.4 Å². The minimum absolute atomic E-state index is 0.347. The number of para-hydroxylation sites is 2. The Hall–Kier alpha value is -2.84. The molecule has 0 bridgehead atoms. The summed E-state index contributed by atoms with van der Waals surface area (Å²) < 4.78 is 8.13. The summed E-state index contributed by atoms with van der Waals surface area (Å²) in [5.41, 5.74) is 1.40. The zero-order valence-electron chi connectivity index (χ0n) is 12.5. The maximum absolute atomic E-state index is 12.5. The molecule has 0 saturated heterocycles. The number of terminal acetylenes is 1. The number of nitrogens with zero attached hydrogens (tertiary/aromatic N) is 2. The Morgan fingerprint density at radius 2 is 2.00 bits per heavy atom. The number of benzene rings is 2. The molecule has 0 aliphatic heterocycles. The van der Waals surface area contributed by atoms with E-state index in [1.165, 1.54) is 18.4 Å². The lowest BCUT2D eigenvalue weighted by atomic mass is 10.2. The number of carbonyl (C=O) groups is 1. The van der Waals surface area contributed by atoms with Gasteiger partial charge in [0.05, 0.1) is 29.4 Å². The third-order valence-electron chi connectivity index (χ3n) is 3.37. The van der Waals surface area contributed by atoms with E-state index in [1.54, 1.807) is 18.2 Å². The van der Waals surface area contributed by atoms with Gasteiger partial charge >= 0.3 is 0 Å². The van der Waals surface area contributed by atoms with Gasteiger partial charge in [-0.1, -0.05) is 41.5 Å². The number of methoxy groups -OCH3 is 1. The van der Waals surface area contributed by atoms with Gasteiger partial charge in [-0.25, -0.2) is 0 Å². The smallest absolute Gasteiger partial charge is 0.283 e. The summed E-state index contributed by atoms with van der Waals surface area (Å²) in [6.07, 6.45) is 5.45. The predicted octanol–water partition coefficient (Wildman–Crippen LogP) is 3.09. The van der Waals surface area contributed by atoms with Crippen molar-refractivity contribution in [2.24, 2.45) is 4.99 Å². The van der Waals surface area contributed by atoms with Gasteiger partial charge in [0.1, 0.15) is 5.75 Å². The summed E-state index contributed by atoms with van der Waals surface area (Å²) in [6.45, 7) is 0.363. The fraction of sp³-hybridized carbons (Fsp3) is 0.111. The number of amides is 1. The first-order valence-electron chi connectivity index (χ1n) is 6.98. The number of fused-ring (bicyclic) bond motifs is 1. The lowest BCUT2D eigenvalue weighted by molar-refractivity contribution is 0.0995. The Morgan fingerprint density at radius 1 is 1.26 bits per heavy atom. The standard InChI is InChI=1S/C18H14N2O2S/c1-3-12-20-14-9-5-7-11-16(14)23-18(20)19-17(21)13-8-4-6-10-15(13)22-2/h1,4-11H,12H2,2H3. The normalized spacial score (nSPS) is 11.4. The average Bonchev–Trinajstić information content (AvgIpc) is 2.92. The van der Waals surface area contributed by atoms with Crippen LogP contribution in [-0.4, -0.2) is 17.6 Å². The molecule has 23 heavy (non-hydrogen) atoms. The summed E-state index contributed by atoms with van der Waals surface area (Å²) in [4.78, 5) is 17.4. The molecule has 1 amide bonds. The van der Waals surface area contributed by atoms with Gasteiger partial charge in [-0.2, -0.15) is 4.99 Å². The molecule has 0 aliphatic rings. The molecule has 0 fully saturated rings. The Kier molecular flexibility index (Phi) is 4.26. The van der Waals surface area contributed by atoms with E-state index in [2.05, 4.69) is 10.9 Å². The Balaban J connectivity index is 2.16. The zero-order valence-corrected chi connectivity index (χ0v) is 13.3. The second-order valence-electron chi connectivity index (χ2n) is 4.76. The number of rotatable bonds is 3. The number of thiazole rings is 1. The molecular formula is C18H14N2O2S. The number of hydrogen-bond acceptors (Lipinski definition) is 3. The minimum atomic E-state index is -0.347. The number of aromatic nitrogens is 1. The van der Waals surface area contributed by atoms with Crippen LogP contribution in [-0.2, 0) is 6.54 Å². The molecule has 0 aliphatic carbocycles. The Bertz CT molecular complexity index is 976. The van der Waals surface area contributed by atoms with Gasteiger partial charge in [0, 0.05) is 0 Å². The van der Waals surface area contributed by atoms with E-state index in [0.717, 1.165) is 10.2 Å². The highest BCUT2D eigenvalue weighted by molar-refractivity contribution is 7.16. The molecule has 1 heterocycles. The van der Waals surface area contributed by atoms with Crippen LogP contribution in [0.25, 0.3) is 10.2 Å². The fourth-order valence-corrected chi connectivity index (χ4v) is 3.35. The van der Waals surface area contributed by atoms with Crippen LogP contribution in [0.4, 0.5) is 0 Å². The van der Waals surface area contributed by atoms with Crippen molar-refractivity contribution in [2.75, 3.05) is 7.11 Å². The summed E-state index contributed by atoms with van der Waals surface area (Å²) >= 11 is 1.44. The van der Waals surface area contributed by atoms with E-state index in [9.17, 15) is 4.79 Å². The molecule has 4 nitrogen and oxygen atoms in total. The van der Waals surface area contributed by atoms with Crippen molar-refractivity contribution >= 4 is 27.5 Å². The lowest BCUT2D eigenvalue weighted by Gasteiger charge is -2.04. The highest BCUT2D eigenvalue weighted by atomic mass is 32.1. The van der Waals surface area contributed by atoms with Gasteiger partial charge in [-0.05, 0) is 24.3 Å². The van der Waals surface area contributed by atoms with Crippen LogP contribution in [0.5, 0.6) is 5.75 Å². The van der Waals surface area contributed by atoms with E-state index >= 15 is 0 Å². The van der Waals surface area contributed by atoms with Gasteiger partial charge in [0.2, 0.25) is 0 Å². The monoisotopic (exact) mass is 322 g/mol. The van der Waals surface area contributed by atoms with Crippen LogP contribution in [0.2, 0.25) is 0 Å². The van der Waals surface area contributed by atoms with Gasteiger partial charge in [-0.15, -0.1) is 6.42 Å². The molecule has 3 rings (SSSR count). The topological polar surface area (TPSA) is 43.6 Å². The third kappa shape index (κ3) is 2.89. The molecule has 0 atom stereocenters. The van der Waals surface area contributed by atoms with E-state index in [1.807, 2.05) is 34.9 Å². The third-order valence-corrected chi connectivity index (χ3v) is 4.43. The van der Waals surface area contributed by atoms with Crippen molar-refractivity contribution in [2.45, 2.75) is 6.54 Å². The van der Waals surface area contributed by atoms with Crippen LogP contribution in [0.15, 0.2) is 53.5 Å². The highest BCUT2D eigenvalue weighted by Crippen LogP contribution is 2.19. The molecule has 0 radical (unpaired) electrons. The van der Waals surface area contributed by atoms with Crippen molar-refractivity contribution in [3.05, 3.63) is 58.9 Å². The first kappa shape index (κ1) is 15.1. The predicted molar refractivity (Wildman–Crippen MR) is 91.5 cm³/mol. The molecule has 0 N–H and O–H groups in total. The largest absolute Gasteiger partial charge is 0.496 e. The maximum atomic E-state index is 12.5. The van der Waals surface area contributed by atoms with Crippen molar-refractivity contribution in [1.29, 1.82) is 0 Å². The number of ether oxygens (including phenoxy) is 1. The molecule has 114 valence electrons. The number of carbonyl (C=O) groups excluding carboxylic acids is 1. The molecule has 1 aromatic heterocycles. The summed E-state index contributed by atoms with van der Waals surface area (Å²) in [5.74, 6) is 2.77. The van der Waals surface area contributed by atoms with Gasteiger partial charge < -0.3 is 9.30 Å². The maximum Gasteiger partial charge on any atom is 0.283 e. The minimum Gasteiger partial charge on any atom is -0.496 e. The number of hydrogen-bond donors (Lipinski definition) is 0. The first-order valence-corrected chi connectivity index (χ1v) is 7.80. The SMILES string of the molecule is C#CCn1c(=NC(=O)c2ccccc2OC)sc2ccccc21. The van der Waals surface area contributed by atoms with E-state index in [0.29, 0.717) is 22.7 Å². The highest BCUT2D eigenvalue weighted by Gasteiger charge is 2.12. The van der Waals surface area contributed by atoms with Crippen molar-refractivity contribution < 1.29 is 9.53 Å². The Morgan fingerprint density at radius 3 is 2.78 bits per heavy atom. The average molecular weight is 322 g/mol. The summed E-state index contributed by atoms with van der Waals surface area (Å²) in [5, 5.41) is 0. The molecule has 0 spiro atoms. The molecular weight excluding hydrogens is 308 g/mol. The summed E-state index contributed by atoms with van der Waals surface area (Å²) in [6, 6.07) is 14.9. The van der Waals surface area contributed by atoms with Gasteiger partial charge in [-0.3, -0.25) is 4.79 Å². The molecule has 2 aromatic carbocycles. The molecule has 0 unspecified atom stereocenters. The lowest BCUT2D eigenvalue weighted by Crippen LogP contribution is -2.16. The zero-order chi connectivity index (χ0) is 16.2. The van der Waals surface area contributed by atoms with Crippen LogP contribution < -0.4 is 9.54 Å². The Labute approximate surface area is 137 Å². The van der Waals surface area contributed by atoms with Gasteiger partial charge in [0.15, 0.2) is 4.80 Å². The summed E-state index contributed by atoms with van der Waals surface area (Å²) in [7, 11) is 1.53.